The van der Waals surface area contributed by atoms with E-state index in [-0.39, 0.29) is 13.0 Å². The normalized spacial score (nSPS) is 12.3. The first-order valence-electron chi connectivity index (χ1n) is 7.36. The van der Waals surface area contributed by atoms with Gasteiger partial charge >= 0.3 is 0 Å². The van der Waals surface area contributed by atoms with Gasteiger partial charge in [-0.3, -0.25) is 4.79 Å². The number of rotatable bonds is 5. The number of nitrogens with zero attached hydrogens (tertiary/aromatic N) is 2. The average Bonchev–Trinajstić information content (AvgIpc) is 2.95. The van der Waals surface area contributed by atoms with Crippen molar-refractivity contribution in [2.45, 2.75) is 12.5 Å². The smallest absolute Gasteiger partial charge is 0.226 e. The minimum Gasteiger partial charge on any atom is -0.386 e. The SMILES string of the molecule is O=C(Cc1cn2ccccc2n1)NCC(O)c1c(F)cccc1F. The van der Waals surface area contributed by atoms with Gasteiger partial charge in [0.1, 0.15) is 23.4 Å². The predicted octanol–water partition coefficient (Wildman–Crippen LogP) is 2.00. The number of carbonyl (C=O) groups excluding carboxylic acids is 1. The van der Waals surface area contributed by atoms with Crippen molar-refractivity contribution in [3.8, 4) is 0 Å². The van der Waals surface area contributed by atoms with E-state index in [1.165, 1.54) is 6.07 Å². The van der Waals surface area contributed by atoms with Gasteiger partial charge in [-0.15, -0.1) is 0 Å². The topological polar surface area (TPSA) is 66.6 Å². The van der Waals surface area contributed by atoms with Crippen LogP contribution in [-0.2, 0) is 11.2 Å². The number of aromatic nitrogens is 2. The predicted molar refractivity (Wildman–Crippen MR) is 83.2 cm³/mol. The van der Waals surface area contributed by atoms with Crippen LogP contribution in [0.5, 0.6) is 0 Å². The molecular formula is C17H15F2N3O2. The van der Waals surface area contributed by atoms with Gasteiger partial charge in [0.25, 0.3) is 0 Å². The Kier molecular flexibility index (Phi) is 4.52. The summed E-state index contributed by atoms with van der Waals surface area (Å²) in [4.78, 5) is 16.2. The molecule has 1 atom stereocenters. The summed E-state index contributed by atoms with van der Waals surface area (Å²) in [5, 5.41) is 12.4. The van der Waals surface area contributed by atoms with Gasteiger partial charge in [-0.1, -0.05) is 12.1 Å². The number of halogens is 2. The van der Waals surface area contributed by atoms with Crippen molar-refractivity contribution < 1.29 is 18.7 Å². The lowest BCUT2D eigenvalue weighted by Gasteiger charge is -2.13. The molecule has 0 aliphatic heterocycles. The molecule has 1 aromatic carbocycles. The van der Waals surface area contributed by atoms with E-state index in [2.05, 4.69) is 10.3 Å². The van der Waals surface area contributed by atoms with Crippen LogP contribution in [0.1, 0.15) is 17.4 Å². The first-order valence-corrected chi connectivity index (χ1v) is 7.36. The zero-order chi connectivity index (χ0) is 17.1. The molecule has 0 spiro atoms. The van der Waals surface area contributed by atoms with Crippen LogP contribution in [0, 0.1) is 11.6 Å². The van der Waals surface area contributed by atoms with Crippen molar-refractivity contribution in [1.29, 1.82) is 0 Å². The molecule has 0 aliphatic rings. The lowest BCUT2D eigenvalue weighted by Crippen LogP contribution is -2.30. The number of carbonyl (C=O) groups is 1. The lowest BCUT2D eigenvalue weighted by molar-refractivity contribution is -0.121. The summed E-state index contributed by atoms with van der Waals surface area (Å²) in [6.45, 7) is -0.288. The molecule has 0 bridgehead atoms. The second-order valence-electron chi connectivity index (χ2n) is 5.33. The monoisotopic (exact) mass is 331 g/mol. The summed E-state index contributed by atoms with van der Waals surface area (Å²) in [6, 6.07) is 8.82. The van der Waals surface area contributed by atoms with Gasteiger partial charge in [0.2, 0.25) is 5.91 Å². The third kappa shape index (κ3) is 3.41. The molecule has 24 heavy (non-hydrogen) atoms. The largest absolute Gasteiger partial charge is 0.386 e. The summed E-state index contributed by atoms with van der Waals surface area (Å²) >= 11 is 0. The highest BCUT2D eigenvalue weighted by molar-refractivity contribution is 5.78. The molecule has 0 fully saturated rings. The first-order chi connectivity index (χ1) is 11.5. The molecule has 0 saturated carbocycles. The maximum atomic E-state index is 13.6. The number of imidazole rings is 1. The fourth-order valence-corrected chi connectivity index (χ4v) is 2.44. The summed E-state index contributed by atoms with van der Waals surface area (Å²) in [6.07, 6.45) is 2.08. The number of aliphatic hydroxyl groups is 1. The van der Waals surface area contributed by atoms with Crippen molar-refractivity contribution in [3.05, 3.63) is 71.7 Å². The second-order valence-corrected chi connectivity index (χ2v) is 5.33. The Balaban J connectivity index is 1.61. The number of amides is 1. The van der Waals surface area contributed by atoms with Crippen LogP contribution in [0.15, 0.2) is 48.8 Å². The third-order valence-electron chi connectivity index (χ3n) is 3.58. The third-order valence-corrected chi connectivity index (χ3v) is 3.58. The molecule has 3 rings (SSSR count). The molecule has 2 aromatic heterocycles. The highest BCUT2D eigenvalue weighted by atomic mass is 19.1. The summed E-state index contributed by atoms with van der Waals surface area (Å²) in [7, 11) is 0. The van der Waals surface area contributed by atoms with Crippen molar-refractivity contribution >= 4 is 11.6 Å². The molecule has 1 unspecified atom stereocenters. The Morgan fingerprint density at radius 3 is 2.67 bits per heavy atom. The maximum Gasteiger partial charge on any atom is 0.226 e. The Labute approximate surface area is 136 Å². The molecule has 3 aromatic rings. The van der Waals surface area contributed by atoms with Gasteiger partial charge in [-0.2, -0.15) is 0 Å². The quantitative estimate of drug-likeness (QED) is 0.751. The fourth-order valence-electron chi connectivity index (χ4n) is 2.44. The molecule has 1 amide bonds. The van der Waals surface area contributed by atoms with Crippen molar-refractivity contribution in [2.24, 2.45) is 0 Å². The second kappa shape index (κ2) is 6.76. The number of benzene rings is 1. The highest BCUT2D eigenvalue weighted by Crippen LogP contribution is 2.19. The zero-order valence-corrected chi connectivity index (χ0v) is 12.6. The van der Waals surface area contributed by atoms with Gasteiger partial charge in [-0.05, 0) is 24.3 Å². The number of hydrogen-bond acceptors (Lipinski definition) is 3. The van der Waals surface area contributed by atoms with Gasteiger partial charge in [0, 0.05) is 18.9 Å². The van der Waals surface area contributed by atoms with Crippen LogP contribution in [-0.4, -0.2) is 26.9 Å². The van der Waals surface area contributed by atoms with E-state index in [1.54, 1.807) is 10.6 Å². The molecule has 7 heteroatoms. The molecule has 124 valence electrons. The Morgan fingerprint density at radius 1 is 1.21 bits per heavy atom. The number of hydrogen-bond donors (Lipinski definition) is 2. The van der Waals surface area contributed by atoms with E-state index >= 15 is 0 Å². The highest BCUT2D eigenvalue weighted by Gasteiger charge is 2.18. The molecule has 5 nitrogen and oxygen atoms in total. The van der Waals surface area contributed by atoms with E-state index in [4.69, 9.17) is 0 Å². The molecule has 0 aliphatic carbocycles. The number of aliphatic hydroxyl groups excluding tert-OH is 1. The maximum absolute atomic E-state index is 13.6. The summed E-state index contributed by atoms with van der Waals surface area (Å²) in [5.41, 5.74) is 0.824. The van der Waals surface area contributed by atoms with Gasteiger partial charge in [0.05, 0.1) is 17.7 Å². The van der Waals surface area contributed by atoms with Crippen LogP contribution in [0.4, 0.5) is 8.78 Å². The number of fused-ring (bicyclic) bond motifs is 1. The van der Waals surface area contributed by atoms with Crippen LogP contribution in [0.2, 0.25) is 0 Å². The Morgan fingerprint density at radius 2 is 1.96 bits per heavy atom. The van der Waals surface area contributed by atoms with E-state index in [0.717, 1.165) is 12.1 Å². The summed E-state index contributed by atoms with van der Waals surface area (Å²) < 4.78 is 28.9. The van der Waals surface area contributed by atoms with Crippen molar-refractivity contribution in [3.63, 3.8) is 0 Å². The average molecular weight is 331 g/mol. The van der Waals surface area contributed by atoms with Crippen LogP contribution >= 0.6 is 0 Å². The van der Waals surface area contributed by atoms with E-state index in [1.807, 2.05) is 24.4 Å². The van der Waals surface area contributed by atoms with Crippen molar-refractivity contribution in [1.82, 2.24) is 14.7 Å². The Bertz CT molecular complexity index is 826. The first kappa shape index (κ1) is 16.1. The summed E-state index contributed by atoms with van der Waals surface area (Å²) in [5.74, 6) is -2.09. The van der Waals surface area contributed by atoms with Gasteiger partial charge in [-0.25, -0.2) is 13.8 Å². The number of nitrogens with one attached hydrogen (secondary N) is 1. The van der Waals surface area contributed by atoms with Crippen LogP contribution in [0.25, 0.3) is 5.65 Å². The minimum atomic E-state index is -1.46. The molecule has 2 heterocycles. The van der Waals surface area contributed by atoms with Gasteiger partial charge in [0.15, 0.2) is 0 Å². The molecule has 0 radical (unpaired) electrons. The van der Waals surface area contributed by atoms with E-state index in [9.17, 15) is 18.7 Å². The van der Waals surface area contributed by atoms with E-state index < -0.39 is 29.2 Å². The minimum absolute atomic E-state index is 0.00809. The Hall–Kier alpha value is -2.80. The zero-order valence-electron chi connectivity index (χ0n) is 12.6. The molecular weight excluding hydrogens is 316 g/mol. The van der Waals surface area contributed by atoms with Gasteiger partial charge < -0.3 is 14.8 Å². The standard InChI is InChI=1S/C17H15F2N3O2/c18-12-4-3-5-13(19)17(12)14(23)9-20-16(24)8-11-10-22-7-2-1-6-15(22)21-11/h1-7,10,14,23H,8-9H2,(H,20,24). The van der Waals surface area contributed by atoms with E-state index in [0.29, 0.717) is 11.3 Å². The lowest BCUT2D eigenvalue weighted by atomic mass is 10.1. The van der Waals surface area contributed by atoms with Crippen LogP contribution < -0.4 is 5.32 Å². The molecule has 2 N–H and O–H groups in total. The fraction of sp³-hybridized carbons (Fsp3) is 0.176. The molecule has 0 saturated heterocycles. The number of pyridine rings is 1. The van der Waals surface area contributed by atoms with Crippen molar-refractivity contribution in [2.75, 3.05) is 6.54 Å². The van der Waals surface area contributed by atoms with Crippen LogP contribution in [0.3, 0.4) is 0 Å².